The van der Waals surface area contributed by atoms with Crippen LogP contribution in [0.15, 0.2) is 30.5 Å². The summed E-state index contributed by atoms with van der Waals surface area (Å²) < 4.78 is 0. The average molecular weight is 253 g/mol. The lowest BCUT2D eigenvalue weighted by molar-refractivity contribution is 1.05. The Labute approximate surface area is 104 Å². The fourth-order valence-electron chi connectivity index (χ4n) is 1.36. The van der Waals surface area contributed by atoms with Crippen LogP contribution in [0, 0.1) is 0 Å². The van der Waals surface area contributed by atoms with Crippen molar-refractivity contribution in [1.29, 1.82) is 0 Å². The van der Waals surface area contributed by atoms with E-state index in [1.807, 2.05) is 31.2 Å². The van der Waals surface area contributed by atoms with Gasteiger partial charge in [-0.15, -0.1) is 0 Å². The van der Waals surface area contributed by atoms with E-state index in [9.17, 15) is 0 Å². The summed E-state index contributed by atoms with van der Waals surface area (Å²) in [4.78, 5) is 8.53. The van der Waals surface area contributed by atoms with Crippen molar-refractivity contribution < 1.29 is 0 Å². The molecule has 82 valence electrons. The molecule has 0 spiro atoms. The Bertz CT molecular complexity index is 495. The van der Waals surface area contributed by atoms with Crippen LogP contribution < -0.4 is 0 Å². The van der Waals surface area contributed by atoms with Gasteiger partial charge in [-0.05, 0) is 30.7 Å². The summed E-state index contributed by atoms with van der Waals surface area (Å²) in [5.74, 6) is 0.624. The Hall–Kier alpha value is -1.12. The first-order valence-corrected chi connectivity index (χ1v) is 5.73. The van der Waals surface area contributed by atoms with Crippen molar-refractivity contribution in [3.63, 3.8) is 0 Å². The van der Waals surface area contributed by atoms with Gasteiger partial charge in [0.25, 0.3) is 0 Å². The Balaban J connectivity index is 2.41. The van der Waals surface area contributed by atoms with Crippen LogP contribution >= 0.6 is 23.2 Å². The zero-order chi connectivity index (χ0) is 11.5. The maximum absolute atomic E-state index is 6.03. The highest BCUT2D eigenvalue weighted by atomic mass is 35.5. The Kier molecular flexibility index (Phi) is 3.42. The summed E-state index contributed by atoms with van der Waals surface area (Å²) in [5, 5.41) is 1.21. The molecular formula is C12H10Cl2N2. The van der Waals surface area contributed by atoms with Crippen LogP contribution in [0.1, 0.15) is 12.5 Å². The second-order valence-electron chi connectivity index (χ2n) is 3.37. The maximum Gasteiger partial charge on any atom is 0.160 e. The molecule has 1 aromatic heterocycles. The zero-order valence-electron chi connectivity index (χ0n) is 8.74. The lowest BCUT2D eigenvalue weighted by Crippen LogP contribution is -1.93. The molecule has 0 saturated carbocycles. The van der Waals surface area contributed by atoms with Crippen LogP contribution in [0.5, 0.6) is 0 Å². The molecule has 0 amide bonds. The standard InChI is InChI=1S/C12H10Cl2N2/c1-2-8-7-15-12(16-11(8)14)9-3-5-10(13)6-4-9/h3-7H,2H2,1H3. The fraction of sp³-hybridized carbons (Fsp3) is 0.167. The van der Waals surface area contributed by atoms with Crippen molar-refractivity contribution in [1.82, 2.24) is 9.97 Å². The topological polar surface area (TPSA) is 25.8 Å². The SMILES string of the molecule is CCc1cnc(-c2ccc(Cl)cc2)nc1Cl. The minimum atomic E-state index is 0.516. The van der Waals surface area contributed by atoms with Crippen LogP contribution in [-0.4, -0.2) is 9.97 Å². The smallest absolute Gasteiger partial charge is 0.160 e. The largest absolute Gasteiger partial charge is 0.236 e. The molecule has 0 bridgehead atoms. The van der Waals surface area contributed by atoms with E-state index in [-0.39, 0.29) is 0 Å². The number of hydrogen-bond acceptors (Lipinski definition) is 2. The molecule has 0 unspecified atom stereocenters. The molecule has 0 N–H and O–H groups in total. The molecule has 0 aliphatic carbocycles. The number of rotatable bonds is 2. The highest BCUT2D eigenvalue weighted by Gasteiger charge is 2.05. The second-order valence-corrected chi connectivity index (χ2v) is 4.16. The molecule has 0 aliphatic heterocycles. The van der Waals surface area contributed by atoms with Gasteiger partial charge in [0.1, 0.15) is 5.15 Å². The van der Waals surface area contributed by atoms with Gasteiger partial charge in [0.2, 0.25) is 0 Å². The number of aromatic nitrogens is 2. The summed E-state index contributed by atoms with van der Waals surface area (Å²) in [6.45, 7) is 2.02. The molecule has 1 heterocycles. The highest BCUT2D eigenvalue weighted by molar-refractivity contribution is 6.30. The Morgan fingerprint density at radius 2 is 1.81 bits per heavy atom. The molecule has 0 atom stereocenters. The average Bonchev–Trinajstić information content (AvgIpc) is 2.30. The predicted molar refractivity (Wildman–Crippen MR) is 66.9 cm³/mol. The van der Waals surface area contributed by atoms with E-state index >= 15 is 0 Å². The summed E-state index contributed by atoms with van der Waals surface area (Å²) in [6.07, 6.45) is 2.60. The van der Waals surface area contributed by atoms with Crippen LogP contribution in [0.3, 0.4) is 0 Å². The second kappa shape index (κ2) is 4.81. The number of nitrogens with zero attached hydrogens (tertiary/aromatic N) is 2. The first-order valence-electron chi connectivity index (χ1n) is 4.98. The van der Waals surface area contributed by atoms with Gasteiger partial charge in [0.15, 0.2) is 5.82 Å². The summed E-state index contributed by atoms with van der Waals surface area (Å²) >= 11 is 11.8. The maximum atomic E-state index is 6.03. The number of hydrogen-bond donors (Lipinski definition) is 0. The third kappa shape index (κ3) is 2.34. The first-order chi connectivity index (χ1) is 7.70. The van der Waals surface area contributed by atoms with Gasteiger partial charge in [-0.1, -0.05) is 30.1 Å². The van der Waals surface area contributed by atoms with Gasteiger partial charge in [-0.3, -0.25) is 0 Å². The molecule has 16 heavy (non-hydrogen) atoms. The van der Waals surface area contributed by atoms with E-state index in [1.54, 1.807) is 6.20 Å². The first kappa shape index (κ1) is 11.4. The minimum absolute atomic E-state index is 0.516. The highest BCUT2D eigenvalue weighted by Crippen LogP contribution is 2.21. The third-order valence-electron chi connectivity index (χ3n) is 2.30. The summed E-state index contributed by atoms with van der Waals surface area (Å²) in [7, 11) is 0. The molecular weight excluding hydrogens is 243 g/mol. The monoisotopic (exact) mass is 252 g/mol. The summed E-state index contributed by atoms with van der Waals surface area (Å²) in [6, 6.07) is 7.36. The van der Waals surface area contributed by atoms with Crippen molar-refractivity contribution >= 4 is 23.2 Å². The molecule has 2 aromatic rings. The Morgan fingerprint density at radius 1 is 1.12 bits per heavy atom. The van der Waals surface area contributed by atoms with Crippen molar-refractivity contribution in [3.05, 3.63) is 46.2 Å². The molecule has 0 aliphatic rings. The molecule has 2 nitrogen and oxygen atoms in total. The van der Waals surface area contributed by atoms with Gasteiger partial charge in [0, 0.05) is 22.3 Å². The molecule has 0 saturated heterocycles. The third-order valence-corrected chi connectivity index (χ3v) is 2.87. The number of benzene rings is 1. The van der Waals surface area contributed by atoms with Crippen molar-refractivity contribution in [2.75, 3.05) is 0 Å². The molecule has 1 aromatic carbocycles. The van der Waals surface area contributed by atoms with E-state index < -0.39 is 0 Å². The van der Waals surface area contributed by atoms with Crippen LogP contribution in [0.2, 0.25) is 10.2 Å². The van der Waals surface area contributed by atoms with Gasteiger partial charge < -0.3 is 0 Å². The molecule has 0 fully saturated rings. The molecule has 2 rings (SSSR count). The van der Waals surface area contributed by atoms with E-state index in [0.717, 1.165) is 17.5 Å². The fourth-order valence-corrected chi connectivity index (χ4v) is 1.75. The van der Waals surface area contributed by atoms with Gasteiger partial charge >= 0.3 is 0 Å². The molecule has 4 heteroatoms. The van der Waals surface area contributed by atoms with E-state index in [4.69, 9.17) is 23.2 Å². The van der Waals surface area contributed by atoms with E-state index in [1.165, 1.54) is 0 Å². The van der Waals surface area contributed by atoms with Gasteiger partial charge in [0.05, 0.1) is 0 Å². The quantitative estimate of drug-likeness (QED) is 0.755. The predicted octanol–water partition coefficient (Wildman–Crippen LogP) is 4.01. The van der Waals surface area contributed by atoms with E-state index in [0.29, 0.717) is 16.0 Å². The lowest BCUT2D eigenvalue weighted by atomic mass is 10.2. The van der Waals surface area contributed by atoms with Crippen molar-refractivity contribution in [2.45, 2.75) is 13.3 Å². The normalized spacial score (nSPS) is 10.4. The van der Waals surface area contributed by atoms with Crippen LogP contribution in [0.25, 0.3) is 11.4 Å². The lowest BCUT2D eigenvalue weighted by Gasteiger charge is -2.03. The number of aryl methyl sites for hydroxylation is 1. The van der Waals surface area contributed by atoms with Gasteiger partial charge in [-0.25, -0.2) is 9.97 Å². The summed E-state index contributed by atoms with van der Waals surface area (Å²) in [5.41, 5.74) is 1.87. The minimum Gasteiger partial charge on any atom is -0.236 e. The van der Waals surface area contributed by atoms with Crippen molar-refractivity contribution in [3.8, 4) is 11.4 Å². The zero-order valence-corrected chi connectivity index (χ0v) is 10.3. The number of halogens is 2. The van der Waals surface area contributed by atoms with E-state index in [2.05, 4.69) is 9.97 Å². The van der Waals surface area contributed by atoms with Crippen molar-refractivity contribution in [2.24, 2.45) is 0 Å². The van der Waals surface area contributed by atoms with Crippen LogP contribution in [0.4, 0.5) is 0 Å². The molecule has 0 radical (unpaired) electrons. The van der Waals surface area contributed by atoms with Crippen LogP contribution in [-0.2, 0) is 6.42 Å². The Morgan fingerprint density at radius 3 is 2.38 bits per heavy atom. The van der Waals surface area contributed by atoms with Gasteiger partial charge in [-0.2, -0.15) is 0 Å².